The molecule has 0 bridgehead atoms. The van der Waals surface area contributed by atoms with Gasteiger partial charge >= 0.3 is 0 Å². The third kappa shape index (κ3) is 4.98. The average molecular weight is 458 g/mol. The Morgan fingerprint density at radius 1 is 1.24 bits per heavy atom. The second kappa shape index (κ2) is 8.23. The van der Waals surface area contributed by atoms with Gasteiger partial charge in [0.05, 0.1) is 9.90 Å². The second-order valence-corrected chi connectivity index (χ2v) is 7.66. The molecule has 0 radical (unpaired) electrons. The van der Waals surface area contributed by atoms with Gasteiger partial charge in [0, 0.05) is 20.9 Å². The van der Waals surface area contributed by atoms with Gasteiger partial charge in [-0.05, 0) is 58.4 Å². The maximum absolute atomic E-state index is 12.0. The van der Waals surface area contributed by atoms with Gasteiger partial charge in [-0.25, -0.2) is 0 Å². The Kier molecular flexibility index (Phi) is 6.02. The first kappa shape index (κ1) is 18.3. The first-order valence-electron chi connectivity index (χ1n) is 7.14. The summed E-state index contributed by atoms with van der Waals surface area (Å²) in [5.41, 5.74) is 0. The zero-order valence-corrected chi connectivity index (χ0v) is 16.6. The van der Waals surface area contributed by atoms with Crippen molar-refractivity contribution in [2.75, 3.05) is 0 Å². The van der Waals surface area contributed by atoms with Gasteiger partial charge in [-0.2, -0.15) is 0 Å². The molecule has 25 heavy (non-hydrogen) atoms. The van der Waals surface area contributed by atoms with E-state index in [0.717, 1.165) is 4.47 Å². The summed E-state index contributed by atoms with van der Waals surface area (Å²) in [5.74, 6) is 1.60. The lowest BCUT2D eigenvalue weighted by molar-refractivity contribution is 0.105. The van der Waals surface area contributed by atoms with Gasteiger partial charge in [0.2, 0.25) is 0 Å². The van der Waals surface area contributed by atoms with Gasteiger partial charge in [0.25, 0.3) is 0 Å². The van der Waals surface area contributed by atoms with E-state index in [0.29, 0.717) is 32.2 Å². The van der Waals surface area contributed by atoms with Crippen molar-refractivity contribution in [3.8, 4) is 5.75 Å². The molecule has 0 unspecified atom stereocenters. The first-order chi connectivity index (χ1) is 12.0. The molecule has 3 aromatic rings. The minimum Gasteiger partial charge on any atom is -0.484 e. The fourth-order valence-corrected chi connectivity index (χ4v) is 3.66. The molecule has 2 heterocycles. The summed E-state index contributed by atoms with van der Waals surface area (Å²) in [7, 11) is 0. The van der Waals surface area contributed by atoms with Crippen molar-refractivity contribution in [2.24, 2.45) is 0 Å². The average Bonchev–Trinajstić information content (AvgIpc) is 3.22. The molecule has 0 amide bonds. The lowest BCUT2D eigenvalue weighted by atomic mass is 10.3. The summed E-state index contributed by atoms with van der Waals surface area (Å²) < 4.78 is 12.1. The van der Waals surface area contributed by atoms with Crippen LogP contribution in [-0.2, 0) is 6.61 Å². The molecule has 0 aliphatic heterocycles. The van der Waals surface area contributed by atoms with Crippen molar-refractivity contribution < 1.29 is 13.9 Å². The Bertz CT molecular complexity index is 930. The van der Waals surface area contributed by atoms with Gasteiger partial charge in [-0.3, -0.25) is 4.79 Å². The fraction of sp³-hybridized carbons (Fsp3) is 0.0556. The van der Waals surface area contributed by atoms with Gasteiger partial charge in [-0.15, -0.1) is 11.3 Å². The van der Waals surface area contributed by atoms with Crippen molar-refractivity contribution in [1.29, 1.82) is 0 Å². The van der Waals surface area contributed by atoms with Gasteiger partial charge in [0.15, 0.2) is 5.78 Å². The number of allylic oxidation sites excluding steroid dienone is 1. The molecule has 0 saturated carbocycles. The predicted octanol–water partition coefficient (Wildman–Crippen LogP) is 6.89. The molecule has 2 aromatic heterocycles. The van der Waals surface area contributed by atoms with Gasteiger partial charge in [-0.1, -0.05) is 23.2 Å². The van der Waals surface area contributed by atoms with Crippen molar-refractivity contribution in [2.45, 2.75) is 6.61 Å². The largest absolute Gasteiger partial charge is 0.484 e. The van der Waals surface area contributed by atoms with E-state index in [1.807, 2.05) is 5.38 Å². The summed E-state index contributed by atoms with van der Waals surface area (Å²) in [6.45, 7) is 0.208. The SMILES string of the molecule is O=C(/C=C/c1ccc(COc2cc(Cl)ccc2Cl)o1)c1cc(Br)cs1. The maximum Gasteiger partial charge on any atom is 0.195 e. The third-order valence-corrected chi connectivity index (χ3v) is 5.41. The van der Waals surface area contributed by atoms with Crippen LogP contribution in [-0.4, -0.2) is 5.78 Å². The van der Waals surface area contributed by atoms with Crippen LogP contribution in [0.3, 0.4) is 0 Å². The second-order valence-electron chi connectivity index (χ2n) is 4.99. The Hall–Kier alpha value is -1.53. The van der Waals surface area contributed by atoms with Crippen LogP contribution in [0.4, 0.5) is 0 Å². The molecule has 128 valence electrons. The molecule has 0 N–H and O–H groups in total. The zero-order valence-electron chi connectivity index (χ0n) is 12.7. The number of carbonyl (C=O) groups excluding carboxylic acids is 1. The fourth-order valence-electron chi connectivity index (χ4n) is 1.98. The van der Waals surface area contributed by atoms with Crippen molar-refractivity contribution in [3.05, 3.63) is 78.8 Å². The molecule has 7 heteroatoms. The van der Waals surface area contributed by atoms with Crippen LogP contribution in [0.2, 0.25) is 10.0 Å². The first-order valence-corrected chi connectivity index (χ1v) is 9.57. The van der Waals surface area contributed by atoms with Gasteiger partial charge in [0.1, 0.15) is 23.9 Å². The zero-order chi connectivity index (χ0) is 17.8. The predicted molar refractivity (Wildman–Crippen MR) is 105 cm³/mol. The summed E-state index contributed by atoms with van der Waals surface area (Å²) in [6.07, 6.45) is 3.11. The van der Waals surface area contributed by atoms with E-state index in [-0.39, 0.29) is 12.4 Å². The lowest BCUT2D eigenvalue weighted by Gasteiger charge is -2.06. The standard InChI is InChI=1S/C18H11BrCl2O3S/c19-11-7-18(25-10-11)16(22)6-4-13-2-3-14(24-13)9-23-17-8-12(20)1-5-15(17)21/h1-8,10H,9H2/b6-4+. The molecule has 0 spiro atoms. The lowest BCUT2D eigenvalue weighted by Crippen LogP contribution is -1.94. The van der Waals surface area contributed by atoms with Crippen LogP contribution in [0, 0.1) is 0 Å². The van der Waals surface area contributed by atoms with Crippen molar-refractivity contribution >= 4 is 62.3 Å². The summed E-state index contributed by atoms with van der Waals surface area (Å²) in [4.78, 5) is 12.7. The van der Waals surface area contributed by atoms with E-state index in [2.05, 4.69) is 15.9 Å². The highest BCUT2D eigenvalue weighted by Gasteiger charge is 2.07. The molecule has 0 aliphatic rings. The van der Waals surface area contributed by atoms with E-state index in [9.17, 15) is 4.79 Å². The minimum atomic E-state index is -0.0735. The van der Waals surface area contributed by atoms with Crippen LogP contribution >= 0.6 is 50.5 Å². The van der Waals surface area contributed by atoms with Gasteiger partial charge < -0.3 is 9.15 Å². The summed E-state index contributed by atoms with van der Waals surface area (Å²) >= 11 is 16.7. The normalized spacial score (nSPS) is 11.2. The van der Waals surface area contributed by atoms with Crippen LogP contribution < -0.4 is 4.74 Å². The highest BCUT2D eigenvalue weighted by atomic mass is 79.9. The minimum absolute atomic E-state index is 0.0735. The Labute approximate surface area is 166 Å². The number of benzene rings is 1. The molecule has 0 atom stereocenters. The number of furan rings is 1. The monoisotopic (exact) mass is 456 g/mol. The van der Waals surface area contributed by atoms with Crippen LogP contribution in [0.25, 0.3) is 6.08 Å². The molecule has 0 aliphatic carbocycles. The van der Waals surface area contributed by atoms with E-state index in [4.69, 9.17) is 32.4 Å². The number of rotatable bonds is 6. The topological polar surface area (TPSA) is 39.4 Å². The van der Waals surface area contributed by atoms with Crippen LogP contribution in [0.5, 0.6) is 5.75 Å². The molecule has 3 rings (SSSR count). The van der Waals surface area contributed by atoms with E-state index in [1.165, 1.54) is 17.4 Å². The third-order valence-electron chi connectivity index (χ3n) is 3.15. The van der Waals surface area contributed by atoms with Crippen LogP contribution in [0.15, 0.2) is 56.7 Å². The molecular weight excluding hydrogens is 447 g/mol. The maximum atomic E-state index is 12.0. The van der Waals surface area contributed by atoms with E-state index >= 15 is 0 Å². The van der Waals surface area contributed by atoms with Crippen molar-refractivity contribution in [1.82, 2.24) is 0 Å². The highest BCUT2D eigenvalue weighted by molar-refractivity contribution is 9.10. The Morgan fingerprint density at radius 3 is 2.84 bits per heavy atom. The van der Waals surface area contributed by atoms with Crippen molar-refractivity contribution in [3.63, 3.8) is 0 Å². The molecule has 3 nitrogen and oxygen atoms in total. The smallest absolute Gasteiger partial charge is 0.195 e. The number of hydrogen-bond acceptors (Lipinski definition) is 4. The van der Waals surface area contributed by atoms with Crippen LogP contribution in [0.1, 0.15) is 21.2 Å². The summed E-state index contributed by atoms with van der Waals surface area (Å²) in [6, 6.07) is 10.3. The number of carbonyl (C=O) groups is 1. The molecule has 1 aromatic carbocycles. The molecule has 0 saturated heterocycles. The number of ketones is 1. The number of ether oxygens (including phenoxy) is 1. The van der Waals surface area contributed by atoms with E-state index < -0.39 is 0 Å². The molecule has 0 fully saturated rings. The quantitative estimate of drug-likeness (QED) is 0.299. The molecular formula is C18H11BrCl2O3S. The Morgan fingerprint density at radius 2 is 2.08 bits per heavy atom. The number of halogens is 3. The Balaban J connectivity index is 1.61. The summed E-state index contributed by atoms with van der Waals surface area (Å²) in [5, 5.41) is 2.88. The number of hydrogen-bond donors (Lipinski definition) is 0. The highest BCUT2D eigenvalue weighted by Crippen LogP contribution is 2.28. The number of thiophene rings is 1. The van der Waals surface area contributed by atoms with E-state index in [1.54, 1.807) is 42.5 Å².